The molecular formula is C13H14BrN3O2. The lowest BCUT2D eigenvalue weighted by Crippen LogP contribution is -2.15. The van der Waals surface area contributed by atoms with Crippen LogP contribution in [0.5, 0.6) is 0 Å². The Labute approximate surface area is 119 Å². The van der Waals surface area contributed by atoms with Crippen LogP contribution in [0.2, 0.25) is 0 Å². The zero-order valence-corrected chi connectivity index (χ0v) is 11.8. The van der Waals surface area contributed by atoms with E-state index in [1.165, 1.54) is 0 Å². The van der Waals surface area contributed by atoms with Crippen LogP contribution in [0.3, 0.4) is 0 Å². The molecule has 1 aromatic heterocycles. The maximum absolute atomic E-state index is 11.3. The quantitative estimate of drug-likeness (QED) is 0.799. The third kappa shape index (κ3) is 4.18. The van der Waals surface area contributed by atoms with Gasteiger partial charge in [0.15, 0.2) is 0 Å². The van der Waals surface area contributed by atoms with E-state index in [0.717, 1.165) is 5.56 Å². The molecular weight excluding hydrogens is 310 g/mol. The minimum Gasteiger partial charge on any atom is -0.380 e. The lowest BCUT2D eigenvalue weighted by Gasteiger charge is -2.08. The van der Waals surface area contributed by atoms with Gasteiger partial charge in [-0.05, 0) is 21.5 Å². The normalized spacial score (nSPS) is 10.4. The smallest absolute Gasteiger partial charge is 0.280 e. The molecule has 0 spiro atoms. The molecule has 1 heterocycles. The molecule has 1 aromatic carbocycles. The second-order valence-corrected chi connectivity index (χ2v) is 4.68. The number of hydrogen-bond acceptors (Lipinski definition) is 4. The van der Waals surface area contributed by atoms with Crippen molar-refractivity contribution in [3.05, 3.63) is 56.9 Å². The van der Waals surface area contributed by atoms with E-state index in [1.54, 1.807) is 6.20 Å². The van der Waals surface area contributed by atoms with Crippen LogP contribution in [0.1, 0.15) is 5.56 Å². The van der Waals surface area contributed by atoms with Crippen molar-refractivity contribution in [2.45, 2.75) is 6.61 Å². The van der Waals surface area contributed by atoms with Gasteiger partial charge < -0.3 is 10.1 Å². The van der Waals surface area contributed by atoms with E-state index in [0.29, 0.717) is 29.9 Å². The zero-order chi connectivity index (χ0) is 13.5. The average Bonchev–Trinajstić information content (AvgIpc) is 2.44. The summed E-state index contributed by atoms with van der Waals surface area (Å²) in [6, 6.07) is 9.98. The summed E-state index contributed by atoms with van der Waals surface area (Å²) in [6.45, 7) is 1.74. The van der Waals surface area contributed by atoms with Gasteiger partial charge in [-0.3, -0.25) is 4.79 Å². The fraction of sp³-hybridized carbons (Fsp3) is 0.231. The number of nitrogens with one attached hydrogen (secondary N) is 2. The number of nitrogens with zero attached hydrogens (tertiary/aromatic N) is 1. The number of H-pyrrole nitrogens is 1. The van der Waals surface area contributed by atoms with Gasteiger partial charge in [-0.15, -0.1) is 0 Å². The maximum Gasteiger partial charge on any atom is 0.280 e. The molecule has 0 saturated carbocycles. The van der Waals surface area contributed by atoms with Crippen LogP contribution in [-0.2, 0) is 11.3 Å². The van der Waals surface area contributed by atoms with Crippen LogP contribution < -0.4 is 10.9 Å². The van der Waals surface area contributed by atoms with Crippen molar-refractivity contribution in [2.75, 3.05) is 18.5 Å². The predicted octanol–water partition coefficient (Wildman–Crippen LogP) is 2.16. The molecule has 0 amide bonds. The minimum absolute atomic E-state index is 0.254. The van der Waals surface area contributed by atoms with Crippen molar-refractivity contribution >= 4 is 21.6 Å². The van der Waals surface area contributed by atoms with Gasteiger partial charge in [0.05, 0.1) is 25.1 Å². The summed E-state index contributed by atoms with van der Waals surface area (Å²) in [5.41, 5.74) is 1.55. The third-order valence-corrected chi connectivity index (χ3v) is 3.26. The molecule has 0 aliphatic heterocycles. The summed E-state index contributed by atoms with van der Waals surface area (Å²) in [5.74, 6) is 0. The van der Waals surface area contributed by atoms with Gasteiger partial charge in [0.25, 0.3) is 5.56 Å². The predicted molar refractivity (Wildman–Crippen MR) is 77.1 cm³/mol. The second kappa shape index (κ2) is 7.06. The Kier molecular flexibility index (Phi) is 5.11. The van der Waals surface area contributed by atoms with Crippen LogP contribution in [0.15, 0.2) is 45.8 Å². The molecule has 0 radical (unpaired) electrons. The van der Waals surface area contributed by atoms with E-state index in [9.17, 15) is 4.79 Å². The number of halogens is 1. The summed E-state index contributed by atoms with van der Waals surface area (Å²) in [6.07, 6.45) is 1.56. The van der Waals surface area contributed by atoms with Crippen molar-refractivity contribution in [3.8, 4) is 0 Å². The maximum atomic E-state index is 11.3. The second-order valence-electron chi connectivity index (χ2n) is 3.89. The summed E-state index contributed by atoms with van der Waals surface area (Å²) < 4.78 is 5.98. The van der Waals surface area contributed by atoms with E-state index in [1.807, 2.05) is 30.3 Å². The molecule has 0 fully saturated rings. The van der Waals surface area contributed by atoms with Crippen LogP contribution in [0, 0.1) is 0 Å². The molecule has 0 aliphatic carbocycles. The van der Waals surface area contributed by atoms with E-state index in [4.69, 9.17) is 4.74 Å². The van der Waals surface area contributed by atoms with Gasteiger partial charge in [-0.25, -0.2) is 5.10 Å². The van der Waals surface area contributed by atoms with Crippen LogP contribution in [0.25, 0.3) is 0 Å². The third-order valence-electron chi connectivity index (χ3n) is 2.47. The Bertz CT molecular complexity index is 572. The summed E-state index contributed by atoms with van der Waals surface area (Å²) in [5, 5.41) is 9.15. The van der Waals surface area contributed by atoms with Gasteiger partial charge >= 0.3 is 0 Å². The fourth-order valence-corrected chi connectivity index (χ4v) is 1.86. The highest BCUT2D eigenvalue weighted by molar-refractivity contribution is 9.10. The van der Waals surface area contributed by atoms with Crippen molar-refractivity contribution in [1.82, 2.24) is 10.2 Å². The summed E-state index contributed by atoms with van der Waals surface area (Å²) in [7, 11) is 0. The van der Waals surface area contributed by atoms with Gasteiger partial charge in [0, 0.05) is 6.54 Å². The van der Waals surface area contributed by atoms with Crippen molar-refractivity contribution in [2.24, 2.45) is 0 Å². The van der Waals surface area contributed by atoms with Crippen molar-refractivity contribution < 1.29 is 4.74 Å². The lowest BCUT2D eigenvalue weighted by molar-refractivity contribution is 0.130. The molecule has 100 valence electrons. The van der Waals surface area contributed by atoms with Crippen molar-refractivity contribution in [1.29, 1.82) is 0 Å². The van der Waals surface area contributed by atoms with Gasteiger partial charge in [-0.1, -0.05) is 30.3 Å². The first-order valence-corrected chi connectivity index (χ1v) is 6.65. The minimum atomic E-state index is -0.254. The first-order valence-electron chi connectivity index (χ1n) is 5.86. The number of ether oxygens (including phenoxy) is 1. The lowest BCUT2D eigenvalue weighted by atomic mass is 10.2. The topological polar surface area (TPSA) is 67.0 Å². The van der Waals surface area contributed by atoms with Crippen molar-refractivity contribution in [3.63, 3.8) is 0 Å². The Morgan fingerprint density at radius 2 is 2.11 bits per heavy atom. The molecule has 0 saturated heterocycles. The molecule has 0 atom stereocenters. The highest BCUT2D eigenvalue weighted by atomic mass is 79.9. The number of anilines is 1. The highest BCUT2D eigenvalue weighted by Gasteiger charge is 2.02. The number of rotatable bonds is 6. The molecule has 0 aliphatic rings. The van der Waals surface area contributed by atoms with Gasteiger partial charge in [0.1, 0.15) is 4.47 Å². The van der Waals surface area contributed by atoms with Crippen LogP contribution in [0.4, 0.5) is 5.69 Å². The first-order chi connectivity index (χ1) is 9.27. The van der Waals surface area contributed by atoms with Gasteiger partial charge in [-0.2, -0.15) is 5.10 Å². The van der Waals surface area contributed by atoms with E-state index >= 15 is 0 Å². The first kappa shape index (κ1) is 13.8. The van der Waals surface area contributed by atoms with Crippen LogP contribution >= 0.6 is 15.9 Å². The Hall–Kier alpha value is -1.66. The Morgan fingerprint density at radius 1 is 1.32 bits per heavy atom. The molecule has 6 heteroatoms. The molecule has 0 unspecified atom stereocenters. The standard InChI is InChI=1S/C13H14BrN3O2/c14-12-11(8-16-17-13(12)18)15-6-7-19-9-10-4-2-1-3-5-10/h1-5,8H,6-7,9H2,(H2,15,17,18). The molecule has 5 nitrogen and oxygen atoms in total. The summed E-state index contributed by atoms with van der Waals surface area (Å²) >= 11 is 3.20. The SMILES string of the molecule is O=c1[nH]ncc(NCCOCc2ccccc2)c1Br. The van der Waals surface area contributed by atoms with Gasteiger partial charge in [0.2, 0.25) is 0 Å². The zero-order valence-electron chi connectivity index (χ0n) is 10.2. The Balaban J connectivity index is 1.72. The summed E-state index contributed by atoms with van der Waals surface area (Å²) in [4.78, 5) is 11.3. The number of hydrogen-bond donors (Lipinski definition) is 2. The fourth-order valence-electron chi connectivity index (χ4n) is 1.53. The molecule has 19 heavy (non-hydrogen) atoms. The van der Waals surface area contributed by atoms with E-state index in [-0.39, 0.29) is 5.56 Å². The number of aromatic nitrogens is 2. The number of benzene rings is 1. The molecule has 0 bridgehead atoms. The average molecular weight is 324 g/mol. The number of aromatic amines is 1. The van der Waals surface area contributed by atoms with E-state index < -0.39 is 0 Å². The largest absolute Gasteiger partial charge is 0.380 e. The highest BCUT2D eigenvalue weighted by Crippen LogP contribution is 2.14. The molecule has 2 aromatic rings. The van der Waals surface area contributed by atoms with E-state index in [2.05, 4.69) is 31.4 Å². The Morgan fingerprint density at radius 3 is 2.89 bits per heavy atom. The molecule has 2 rings (SSSR count). The monoisotopic (exact) mass is 323 g/mol. The molecule has 2 N–H and O–H groups in total. The van der Waals surface area contributed by atoms with Crippen LogP contribution in [-0.4, -0.2) is 23.3 Å².